The normalized spacial score (nSPS) is 15.4. The summed E-state index contributed by atoms with van der Waals surface area (Å²) >= 11 is 0. The highest BCUT2D eigenvalue weighted by Gasteiger charge is 2.46. The molecule has 3 nitrogen and oxygen atoms in total. The number of pyridine rings is 2. The van der Waals surface area contributed by atoms with Gasteiger partial charge in [-0.15, -0.1) is 0 Å². The Morgan fingerprint density at radius 2 is 1.54 bits per heavy atom. The molecule has 1 aliphatic heterocycles. The van der Waals surface area contributed by atoms with Gasteiger partial charge in [-0.05, 0) is 83.7 Å². The second kappa shape index (κ2) is 11.2. The molecule has 46 heavy (non-hydrogen) atoms. The molecule has 2 aliphatic rings. The molecule has 5 aromatic rings. The molecule has 0 atom stereocenters. The topological polar surface area (TPSA) is 11.0 Å². The van der Waals surface area contributed by atoms with E-state index in [2.05, 4.69) is 161 Å². The predicted molar refractivity (Wildman–Crippen MR) is 193 cm³/mol. The minimum atomic E-state index is -0.108. The first-order valence-electron chi connectivity index (χ1n) is 17.3. The van der Waals surface area contributed by atoms with E-state index in [1.54, 1.807) is 0 Å². The number of anilines is 1. The Bertz CT molecular complexity index is 2020. The van der Waals surface area contributed by atoms with Crippen LogP contribution in [0.5, 0.6) is 0 Å². The van der Waals surface area contributed by atoms with Gasteiger partial charge in [0.2, 0.25) is 17.1 Å². The number of unbranched alkanes of at least 4 members (excludes halogenated alkanes) is 1. The molecule has 3 aromatic carbocycles. The zero-order chi connectivity index (χ0) is 32.4. The maximum Gasteiger partial charge on any atom is 0.227 e. The van der Waals surface area contributed by atoms with E-state index in [0.717, 1.165) is 19.3 Å². The molecule has 0 saturated carbocycles. The van der Waals surface area contributed by atoms with Gasteiger partial charge < -0.3 is 4.90 Å². The van der Waals surface area contributed by atoms with Gasteiger partial charge in [0, 0.05) is 48.8 Å². The van der Waals surface area contributed by atoms with Crippen LogP contribution in [0.1, 0.15) is 88.1 Å². The van der Waals surface area contributed by atoms with E-state index < -0.39 is 0 Å². The van der Waals surface area contributed by atoms with Crippen molar-refractivity contribution >= 4 is 22.2 Å². The zero-order valence-electron chi connectivity index (χ0n) is 29.0. The van der Waals surface area contributed by atoms with Crippen LogP contribution in [0.3, 0.4) is 0 Å². The molecule has 0 bridgehead atoms. The van der Waals surface area contributed by atoms with Gasteiger partial charge in [-0.3, -0.25) is 0 Å². The zero-order valence-corrected chi connectivity index (χ0v) is 29.0. The van der Waals surface area contributed by atoms with Crippen molar-refractivity contribution in [3.63, 3.8) is 0 Å². The third-order valence-corrected chi connectivity index (χ3v) is 11.2. The minimum absolute atomic E-state index is 0.104. The van der Waals surface area contributed by atoms with Gasteiger partial charge in [0.15, 0.2) is 12.4 Å². The van der Waals surface area contributed by atoms with Crippen molar-refractivity contribution in [2.75, 3.05) is 19.0 Å². The minimum Gasteiger partial charge on any atom is -0.378 e. The number of hydrogen-bond donors (Lipinski definition) is 0. The SMILES string of the molecule is CCCCc1ccc2c3c4[n+](ccc13)C(c1ccc(N(C)C)cc1-c1cccc[n+]1C)=CC(CC)(CC)c1cccc(c1-4)C2(C)C. The number of aromatic nitrogens is 2. The van der Waals surface area contributed by atoms with E-state index >= 15 is 0 Å². The molecule has 0 unspecified atom stereocenters. The average molecular weight is 608 g/mol. The first-order chi connectivity index (χ1) is 22.2. The van der Waals surface area contributed by atoms with Crippen molar-refractivity contribution in [1.29, 1.82) is 0 Å². The Hall–Kier alpha value is -4.24. The highest BCUT2D eigenvalue weighted by atomic mass is 15.1. The van der Waals surface area contributed by atoms with Crippen molar-refractivity contribution < 1.29 is 9.13 Å². The van der Waals surface area contributed by atoms with Crippen LogP contribution < -0.4 is 14.0 Å². The molecule has 0 N–H and O–H groups in total. The van der Waals surface area contributed by atoms with Crippen LogP contribution in [0, 0.1) is 0 Å². The fourth-order valence-electron chi connectivity index (χ4n) is 8.39. The van der Waals surface area contributed by atoms with E-state index in [1.807, 2.05) is 0 Å². The predicted octanol–water partition coefficient (Wildman–Crippen LogP) is 9.29. The van der Waals surface area contributed by atoms with Crippen molar-refractivity contribution in [1.82, 2.24) is 0 Å². The van der Waals surface area contributed by atoms with E-state index in [4.69, 9.17) is 0 Å². The summed E-state index contributed by atoms with van der Waals surface area (Å²) < 4.78 is 4.82. The Labute approximate surface area is 275 Å². The smallest absolute Gasteiger partial charge is 0.227 e. The molecule has 0 spiro atoms. The van der Waals surface area contributed by atoms with Crippen LogP contribution in [0.4, 0.5) is 5.69 Å². The first-order valence-corrected chi connectivity index (χ1v) is 17.3. The Morgan fingerprint density at radius 3 is 2.26 bits per heavy atom. The van der Waals surface area contributed by atoms with Crippen molar-refractivity contribution in [3.05, 3.63) is 119 Å². The molecular formula is C43H49N3+2. The standard InChI is InChI=1S/C43H49N3/c1-9-12-16-29-20-23-35-39-31(29)24-26-46-38(32-22-21-30(44(6)7)27-33(32)37-19-13-14-25-45(37)8)28-43(10-2,11-3)36-18-15-17-34(42(35,4)5)40(36)41(39)46/h13-15,17-28H,9-12,16H2,1-8H3/q+2. The monoisotopic (exact) mass is 607 g/mol. The summed E-state index contributed by atoms with van der Waals surface area (Å²) in [4.78, 5) is 2.21. The summed E-state index contributed by atoms with van der Waals surface area (Å²) in [6.45, 7) is 11.9. The van der Waals surface area contributed by atoms with Crippen molar-refractivity contribution in [3.8, 4) is 22.5 Å². The number of rotatable bonds is 8. The average Bonchev–Trinajstić information content (AvgIpc) is 3.19. The Kier molecular flexibility index (Phi) is 7.42. The highest BCUT2D eigenvalue weighted by molar-refractivity contribution is 6.03. The van der Waals surface area contributed by atoms with E-state index in [1.165, 1.54) is 85.3 Å². The quantitative estimate of drug-likeness (QED) is 0.160. The summed E-state index contributed by atoms with van der Waals surface area (Å²) in [5, 5.41) is 2.86. The molecule has 0 fully saturated rings. The lowest BCUT2D eigenvalue weighted by atomic mass is 9.65. The van der Waals surface area contributed by atoms with E-state index in [9.17, 15) is 0 Å². The summed E-state index contributed by atoms with van der Waals surface area (Å²) in [5.41, 5.74) is 14.6. The second-order valence-corrected chi connectivity index (χ2v) is 14.3. The Morgan fingerprint density at radius 1 is 0.761 bits per heavy atom. The summed E-state index contributed by atoms with van der Waals surface area (Å²) in [7, 11) is 6.42. The number of aryl methyl sites for hydroxylation is 2. The molecule has 0 amide bonds. The number of allylic oxidation sites excluding steroid dienone is 1. The van der Waals surface area contributed by atoms with Gasteiger partial charge in [0.1, 0.15) is 7.05 Å². The highest BCUT2D eigenvalue weighted by Crippen LogP contribution is 2.54. The van der Waals surface area contributed by atoms with Crippen LogP contribution in [0.15, 0.2) is 91.3 Å². The first kappa shape index (κ1) is 30.4. The van der Waals surface area contributed by atoms with Crippen molar-refractivity contribution in [2.45, 2.75) is 77.6 Å². The molecule has 7 rings (SSSR count). The molecule has 3 heterocycles. The van der Waals surface area contributed by atoms with Crippen LogP contribution >= 0.6 is 0 Å². The Balaban J connectivity index is 1.66. The summed E-state index contributed by atoms with van der Waals surface area (Å²) in [6, 6.07) is 28.0. The van der Waals surface area contributed by atoms with Gasteiger partial charge >= 0.3 is 0 Å². The fraction of sp³-hybridized carbons (Fsp3) is 0.349. The van der Waals surface area contributed by atoms with Crippen molar-refractivity contribution in [2.24, 2.45) is 7.05 Å². The van der Waals surface area contributed by atoms with Crippen LogP contribution in [0.2, 0.25) is 0 Å². The van der Waals surface area contributed by atoms with Gasteiger partial charge in [-0.2, -0.15) is 4.57 Å². The second-order valence-electron chi connectivity index (χ2n) is 14.3. The fourth-order valence-corrected chi connectivity index (χ4v) is 8.39. The van der Waals surface area contributed by atoms with E-state index in [-0.39, 0.29) is 10.8 Å². The molecule has 0 radical (unpaired) electrons. The lowest BCUT2D eigenvalue weighted by Gasteiger charge is -2.37. The molecular weight excluding hydrogens is 558 g/mol. The van der Waals surface area contributed by atoms with Gasteiger partial charge in [-0.25, -0.2) is 4.57 Å². The largest absolute Gasteiger partial charge is 0.378 e. The third kappa shape index (κ3) is 4.38. The number of benzene rings is 3. The number of nitrogens with zero attached hydrogens (tertiary/aromatic N) is 3. The van der Waals surface area contributed by atoms with Gasteiger partial charge in [0.05, 0.1) is 22.1 Å². The molecule has 234 valence electrons. The molecule has 3 heteroatoms. The third-order valence-electron chi connectivity index (χ3n) is 11.2. The maximum absolute atomic E-state index is 2.63. The van der Waals surface area contributed by atoms with Crippen LogP contribution in [-0.2, 0) is 24.3 Å². The van der Waals surface area contributed by atoms with Crippen LogP contribution in [-0.4, -0.2) is 14.1 Å². The van der Waals surface area contributed by atoms with E-state index in [0.29, 0.717) is 0 Å². The van der Waals surface area contributed by atoms with Gasteiger partial charge in [0.25, 0.3) is 0 Å². The van der Waals surface area contributed by atoms with Crippen LogP contribution in [0.25, 0.3) is 39.0 Å². The molecule has 0 saturated heterocycles. The lowest BCUT2D eigenvalue weighted by molar-refractivity contribution is -0.660. The lowest BCUT2D eigenvalue weighted by Crippen LogP contribution is -2.39. The molecule has 1 aliphatic carbocycles. The van der Waals surface area contributed by atoms with Gasteiger partial charge in [-0.1, -0.05) is 71.4 Å². The summed E-state index contributed by atoms with van der Waals surface area (Å²) in [6.07, 6.45) is 12.8. The summed E-state index contributed by atoms with van der Waals surface area (Å²) in [5.74, 6) is 0. The molecule has 2 aromatic heterocycles. The number of hydrogen-bond acceptors (Lipinski definition) is 1. The maximum atomic E-state index is 2.63.